The van der Waals surface area contributed by atoms with E-state index in [4.69, 9.17) is 0 Å². The lowest BCUT2D eigenvalue weighted by Gasteiger charge is -2.17. The lowest BCUT2D eigenvalue weighted by atomic mass is 9.97. The Bertz CT molecular complexity index is 375. The summed E-state index contributed by atoms with van der Waals surface area (Å²) in [5.74, 6) is 1.36. The standard InChI is InChI=1S/C15H23NOS/c1-4-12(2)14-7-5-13(6-8-14)11-16(3)15(17)9-10-18/h5-8,12,18H,4,9-11H2,1-3H3. The van der Waals surface area contributed by atoms with Crippen molar-refractivity contribution in [2.75, 3.05) is 12.8 Å². The fourth-order valence-corrected chi connectivity index (χ4v) is 2.03. The van der Waals surface area contributed by atoms with Gasteiger partial charge in [-0.25, -0.2) is 0 Å². The van der Waals surface area contributed by atoms with Gasteiger partial charge in [0.1, 0.15) is 0 Å². The van der Waals surface area contributed by atoms with Crippen molar-refractivity contribution in [2.45, 2.75) is 39.2 Å². The average Bonchev–Trinajstić information content (AvgIpc) is 2.39. The average molecular weight is 265 g/mol. The molecule has 0 N–H and O–H groups in total. The summed E-state index contributed by atoms with van der Waals surface area (Å²) in [5.41, 5.74) is 2.54. The number of thiol groups is 1. The Morgan fingerprint density at radius 2 is 1.94 bits per heavy atom. The summed E-state index contributed by atoms with van der Waals surface area (Å²) in [6.07, 6.45) is 1.66. The van der Waals surface area contributed by atoms with E-state index in [2.05, 4.69) is 50.7 Å². The van der Waals surface area contributed by atoms with Gasteiger partial charge >= 0.3 is 0 Å². The maximum Gasteiger partial charge on any atom is 0.223 e. The minimum absolute atomic E-state index is 0.149. The molecule has 0 aliphatic carbocycles. The first-order valence-electron chi connectivity index (χ1n) is 6.52. The van der Waals surface area contributed by atoms with Crippen molar-refractivity contribution < 1.29 is 4.79 Å². The Kier molecular flexibility index (Phi) is 6.27. The van der Waals surface area contributed by atoms with Crippen molar-refractivity contribution in [2.24, 2.45) is 0 Å². The van der Waals surface area contributed by atoms with E-state index in [9.17, 15) is 4.79 Å². The highest BCUT2D eigenvalue weighted by Crippen LogP contribution is 2.19. The normalized spacial score (nSPS) is 12.2. The molecule has 3 heteroatoms. The molecule has 1 amide bonds. The summed E-state index contributed by atoms with van der Waals surface area (Å²) in [6.45, 7) is 5.10. The van der Waals surface area contributed by atoms with Gasteiger partial charge in [-0.1, -0.05) is 38.1 Å². The van der Waals surface area contributed by atoms with Gasteiger partial charge in [-0.05, 0) is 29.2 Å². The molecule has 1 aromatic rings. The molecule has 1 unspecified atom stereocenters. The number of hydrogen-bond acceptors (Lipinski definition) is 2. The Hall–Kier alpha value is -0.960. The van der Waals surface area contributed by atoms with Crippen LogP contribution in [0.4, 0.5) is 0 Å². The Labute approximate surface area is 116 Å². The molecule has 0 aromatic heterocycles. The predicted molar refractivity (Wildman–Crippen MR) is 80.1 cm³/mol. The largest absolute Gasteiger partial charge is 0.341 e. The molecular formula is C15H23NOS. The predicted octanol–water partition coefficient (Wildman–Crippen LogP) is 3.48. The highest BCUT2D eigenvalue weighted by Gasteiger charge is 2.08. The summed E-state index contributed by atoms with van der Waals surface area (Å²) in [7, 11) is 1.84. The number of hydrogen-bond donors (Lipinski definition) is 1. The molecule has 0 bridgehead atoms. The number of amides is 1. The fourth-order valence-electron chi connectivity index (χ4n) is 1.84. The number of nitrogens with zero attached hydrogens (tertiary/aromatic N) is 1. The number of benzene rings is 1. The van der Waals surface area contributed by atoms with E-state index in [1.54, 1.807) is 4.90 Å². The van der Waals surface area contributed by atoms with Crippen molar-refractivity contribution in [3.63, 3.8) is 0 Å². The topological polar surface area (TPSA) is 20.3 Å². The molecule has 0 saturated heterocycles. The van der Waals surface area contributed by atoms with Gasteiger partial charge in [0.25, 0.3) is 0 Å². The zero-order chi connectivity index (χ0) is 13.5. The van der Waals surface area contributed by atoms with Crippen LogP contribution in [0.5, 0.6) is 0 Å². The Balaban J connectivity index is 2.60. The molecule has 1 rings (SSSR count). The molecule has 1 aromatic carbocycles. The smallest absolute Gasteiger partial charge is 0.223 e. The van der Waals surface area contributed by atoms with E-state index in [-0.39, 0.29) is 5.91 Å². The molecule has 2 nitrogen and oxygen atoms in total. The first-order chi connectivity index (χ1) is 8.58. The van der Waals surface area contributed by atoms with Crippen LogP contribution < -0.4 is 0 Å². The van der Waals surface area contributed by atoms with Crippen LogP contribution in [-0.2, 0) is 11.3 Å². The summed E-state index contributed by atoms with van der Waals surface area (Å²) >= 11 is 4.08. The van der Waals surface area contributed by atoms with Gasteiger partial charge in [-0.3, -0.25) is 4.79 Å². The molecule has 0 saturated carbocycles. The van der Waals surface area contributed by atoms with Gasteiger partial charge in [0.15, 0.2) is 0 Å². The molecule has 1 atom stereocenters. The SMILES string of the molecule is CCC(C)c1ccc(CN(C)C(=O)CCS)cc1. The molecular weight excluding hydrogens is 242 g/mol. The van der Waals surface area contributed by atoms with Crippen molar-refractivity contribution in [1.82, 2.24) is 4.90 Å². The van der Waals surface area contributed by atoms with E-state index < -0.39 is 0 Å². The van der Waals surface area contributed by atoms with Gasteiger partial charge in [0.05, 0.1) is 0 Å². The zero-order valence-corrected chi connectivity index (χ0v) is 12.4. The van der Waals surface area contributed by atoms with Crippen LogP contribution in [-0.4, -0.2) is 23.6 Å². The Morgan fingerprint density at radius 3 is 2.44 bits per heavy atom. The molecule has 0 fully saturated rings. The van der Waals surface area contributed by atoms with Gasteiger partial charge in [0, 0.05) is 20.0 Å². The number of carbonyl (C=O) groups excluding carboxylic acids is 1. The minimum Gasteiger partial charge on any atom is -0.341 e. The summed E-state index contributed by atoms with van der Waals surface area (Å²) < 4.78 is 0. The zero-order valence-electron chi connectivity index (χ0n) is 11.5. The van der Waals surface area contributed by atoms with Crippen LogP contribution in [0.15, 0.2) is 24.3 Å². The fraction of sp³-hybridized carbons (Fsp3) is 0.533. The molecule has 18 heavy (non-hydrogen) atoms. The van der Waals surface area contributed by atoms with Gasteiger partial charge in [-0.15, -0.1) is 0 Å². The third-order valence-corrected chi connectivity index (χ3v) is 3.56. The second kappa shape index (κ2) is 7.47. The van der Waals surface area contributed by atoms with Crippen molar-refractivity contribution in [1.29, 1.82) is 0 Å². The number of carbonyl (C=O) groups is 1. The van der Waals surface area contributed by atoms with E-state index in [0.29, 0.717) is 24.6 Å². The van der Waals surface area contributed by atoms with Crippen LogP contribution in [0.25, 0.3) is 0 Å². The molecule has 100 valence electrons. The highest BCUT2D eigenvalue weighted by molar-refractivity contribution is 7.80. The van der Waals surface area contributed by atoms with Crippen LogP contribution in [0.1, 0.15) is 43.7 Å². The third kappa shape index (κ3) is 4.37. The maximum absolute atomic E-state index is 11.6. The van der Waals surface area contributed by atoms with E-state index >= 15 is 0 Å². The van der Waals surface area contributed by atoms with E-state index in [1.165, 1.54) is 11.1 Å². The number of rotatable bonds is 6. The monoisotopic (exact) mass is 265 g/mol. The van der Waals surface area contributed by atoms with Gasteiger partial charge in [-0.2, -0.15) is 12.6 Å². The lowest BCUT2D eigenvalue weighted by molar-refractivity contribution is -0.129. The molecule has 0 radical (unpaired) electrons. The third-order valence-electron chi connectivity index (χ3n) is 3.33. The van der Waals surface area contributed by atoms with Crippen LogP contribution in [0.3, 0.4) is 0 Å². The summed E-state index contributed by atoms with van der Waals surface area (Å²) in [5, 5.41) is 0. The molecule has 0 spiro atoms. The molecule has 0 aliphatic heterocycles. The van der Waals surface area contributed by atoms with Gasteiger partial charge < -0.3 is 4.90 Å². The van der Waals surface area contributed by atoms with Crippen LogP contribution in [0, 0.1) is 0 Å². The second-order valence-corrected chi connectivity index (χ2v) is 5.22. The van der Waals surface area contributed by atoms with Crippen molar-refractivity contribution in [3.8, 4) is 0 Å². The van der Waals surface area contributed by atoms with Gasteiger partial charge in [0.2, 0.25) is 5.91 Å². The maximum atomic E-state index is 11.6. The quantitative estimate of drug-likeness (QED) is 0.781. The van der Waals surface area contributed by atoms with Crippen LogP contribution >= 0.6 is 12.6 Å². The van der Waals surface area contributed by atoms with E-state index in [1.807, 2.05) is 7.05 Å². The van der Waals surface area contributed by atoms with E-state index in [0.717, 1.165) is 6.42 Å². The van der Waals surface area contributed by atoms with Crippen molar-refractivity contribution in [3.05, 3.63) is 35.4 Å². The van der Waals surface area contributed by atoms with Crippen molar-refractivity contribution >= 4 is 18.5 Å². The molecule has 0 aliphatic rings. The highest BCUT2D eigenvalue weighted by atomic mass is 32.1. The lowest BCUT2D eigenvalue weighted by Crippen LogP contribution is -2.26. The first kappa shape index (κ1) is 15.1. The second-order valence-electron chi connectivity index (χ2n) is 4.77. The summed E-state index contributed by atoms with van der Waals surface area (Å²) in [6, 6.07) is 8.57. The first-order valence-corrected chi connectivity index (χ1v) is 7.15. The molecule has 0 heterocycles. The minimum atomic E-state index is 0.149. The summed E-state index contributed by atoms with van der Waals surface area (Å²) in [4.78, 5) is 13.4. The Morgan fingerprint density at radius 1 is 1.33 bits per heavy atom. The van der Waals surface area contributed by atoms with Crippen LogP contribution in [0.2, 0.25) is 0 Å².